The second kappa shape index (κ2) is 11.1. The molecule has 1 saturated heterocycles. The lowest BCUT2D eigenvalue weighted by Crippen LogP contribution is -2.33. The van der Waals surface area contributed by atoms with Crippen molar-refractivity contribution in [3.8, 4) is 0 Å². The third kappa shape index (κ3) is 5.02. The zero-order valence-electron chi connectivity index (χ0n) is 22.2. The minimum Gasteiger partial charge on any atom is -0.325 e. The molecule has 4 aromatic carbocycles. The number of thiazole rings is 1. The Kier molecular flexibility index (Phi) is 7.25. The van der Waals surface area contributed by atoms with Crippen molar-refractivity contribution in [1.29, 1.82) is 0 Å². The summed E-state index contributed by atoms with van der Waals surface area (Å²) in [6.07, 6.45) is 0. The molecule has 5 aromatic rings. The fraction of sp³-hybridized carbons (Fsp3) is 0.125. The van der Waals surface area contributed by atoms with Crippen LogP contribution in [0.25, 0.3) is 10.8 Å². The summed E-state index contributed by atoms with van der Waals surface area (Å²) in [6, 6.07) is 27.6. The lowest BCUT2D eigenvalue weighted by Gasteiger charge is -2.30. The van der Waals surface area contributed by atoms with E-state index in [4.69, 9.17) is 11.6 Å². The number of nitrogens with zero attached hydrogens (tertiary/aromatic N) is 2. The molecule has 43 heavy (non-hydrogen) atoms. The van der Waals surface area contributed by atoms with Crippen LogP contribution >= 0.6 is 50.6 Å². The SMILES string of the molecule is O=C(Cn1c2c(sc1=O)[C@H](c1ccc(Br)cc1)C1C(=O)N(c3ccc(Cl)cc3)C(=O)C1S2)Nc1ccc2ccccc2c1. The van der Waals surface area contributed by atoms with E-state index in [-0.39, 0.29) is 29.1 Å². The third-order valence-electron chi connectivity index (χ3n) is 7.70. The Morgan fingerprint density at radius 3 is 2.35 bits per heavy atom. The average molecular weight is 691 g/mol. The number of amides is 3. The molecule has 0 radical (unpaired) electrons. The molecule has 2 unspecified atom stereocenters. The monoisotopic (exact) mass is 689 g/mol. The van der Waals surface area contributed by atoms with Crippen LogP contribution in [-0.4, -0.2) is 27.5 Å². The molecule has 214 valence electrons. The van der Waals surface area contributed by atoms with Crippen molar-refractivity contribution in [2.45, 2.75) is 22.7 Å². The van der Waals surface area contributed by atoms with E-state index < -0.39 is 17.1 Å². The van der Waals surface area contributed by atoms with Crippen LogP contribution in [0.3, 0.4) is 0 Å². The number of fused-ring (bicyclic) bond motifs is 3. The van der Waals surface area contributed by atoms with Gasteiger partial charge in [-0.05, 0) is 64.9 Å². The first-order valence-corrected chi connectivity index (χ1v) is 16.2. The number of imide groups is 1. The van der Waals surface area contributed by atoms with Gasteiger partial charge in [0.15, 0.2) is 0 Å². The molecule has 3 heterocycles. The molecule has 11 heteroatoms. The first kappa shape index (κ1) is 28.1. The maximum Gasteiger partial charge on any atom is 0.308 e. The quantitative estimate of drug-likeness (QED) is 0.203. The normalized spacial score (nSPS) is 19.4. The van der Waals surface area contributed by atoms with Gasteiger partial charge in [-0.15, -0.1) is 0 Å². The number of nitrogens with one attached hydrogen (secondary N) is 1. The largest absolute Gasteiger partial charge is 0.325 e. The molecule has 1 aromatic heterocycles. The van der Waals surface area contributed by atoms with E-state index in [2.05, 4.69) is 21.2 Å². The molecule has 7 nitrogen and oxygen atoms in total. The number of hydrogen-bond acceptors (Lipinski definition) is 6. The Morgan fingerprint density at radius 1 is 0.884 bits per heavy atom. The van der Waals surface area contributed by atoms with Gasteiger partial charge in [-0.25, -0.2) is 4.90 Å². The highest BCUT2D eigenvalue weighted by Gasteiger charge is 2.56. The molecule has 0 spiro atoms. The molecular formula is C32H21BrClN3O4S2. The average Bonchev–Trinajstić information content (AvgIpc) is 3.44. The van der Waals surface area contributed by atoms with Crippen LogP contribution in [0.15, 0.2) is 105 Å². The standard InChI is InChI=1S/C32H21BrClN3O4S2/c33-20-8-5-18(6-9-20)25-26-27(30(40)37(29(26)39)23-13-10-21(34)11-14-23)42-31-28(25)43-32(41)36(31)16-24(38)35-22-12-7-17-3-1-2-4-19(17)15-22/h1-15,25-27H,16H2,(H,35,38)/t25-,26?,27?/m1/s1. The summed E-state index contributed by atoms with van der Waals surface area (Å²) in [4.78, 5) is 56.0. The topological polar surface area (TPSA) is 88.5 Å². The lowest BCUT2D eigenvalue weighted by atomic mass is 9.83. The van der Waals surface area contributed by atoms with Gasteiger partial charge in [-0.1, -0.05) is 93.1 Å². The fourth-order valence-electron chi connectivity index (χ4n) is 5.74. The summed E-state index contributed by atoms with van der Waals surface area (Å²) >= 11 is 11.7. The number of benzene rings is 4. The van der Waals surface area contributed by atoms with Gasteiger partial charge in [0.1, 0.15) is 11.8 Å². The van der Waals surface area contributed by atoms with Gasteiger partial charge in [-0.3, -0.25) is 23.7 Å². The number of halogens is 2. The van der Waals surface area contributed by atoms with Crippen LogP contribution in [-0.2, 0) is 20.9 Å². The summed E-state index contributed by atoms with van der Waals surface area (Å²) in [7, 11) is 0. The van der Waals surface area contributed by atoms with Crippen LogP contribution in [0.4, 0.5) is 11.4 Å². The molecule has 3 amide bonds. The maximum absolute atomic E-state index is 14.0. The van der Waals surface area contributed by atoms with Crippen molar-refractivity contribution in [3.63, 3.8) is 0 Å². The van der Waals surface area contributed by atoms with Gasteiger partial charge in [0.2, 0.25) is 17.7 Å². The van der Waals surface area contributed by atoms with E-state index in [9.17, 15) is 19.2 Å². The van der Waals surface area contributed by atoms with Crippen LogP contribution in [0, 0.1) is 5.92 Å². The molecule has 7 rings (SSSR count). The molecule has 0 aliphatic carbocycles. The Bertz CT molecular complexity index is 1990. The van der Waals surface area contributed by atoms with Gasteiger partial charge in [0.25, 0.3) is 0 Å². The minimum absolute atomic E-state index is 0.224. The zero-order chi connectivity index (χ0) is 29.8. The van der Waals surface area contributed by atoms with E-state index in [1.54, 1.807) is 24.3 Å². The molecule has 2 aliphatic heterocycles. The summed E-state index contributed by atoms with van der Waals surface area (Å²) in [5.41, 5.74) is 1.88. The summed E-state index contributed by atoms with van der Waals surface area (Å²) in [6.45, 7) is -0.224. The van der Waals surface area contributed by atoms with Crippen molar-refractivity contribution in [2.24, 2.45) is 5.92 Å². The number of hydrogen-bond donors (Lipinski definition) is 1. The lowest BCUT2D eigenvalue weighted by molar-refractivity contribution is -0.122. The molecule has 1 N–H and O–H groups in total. The predicted molar refractivity (Wildman–Crippen MR) is 174 cm³/mol. The zero-order valence-corrected chi connectivity index (χ0v) is 26.2. The highest BCUT2D eigenvalue weighted by molar-refractivity contribution is 9.10. The molecular weight excluding hydrogens is 670 g/mol. The summed E-state index contributed by atoms with van der Waals surface area (Å²) in [5.74, 6) is -2.31. The van der Waals surface area contributed by atoms with Crippen LogP contribution in [0.1, 0.15) is 16.4 Å². The summed E-state index contributed by atoms with van der Waals surface area (Å²) < 4.78 is 2.29. The number of anilines is 2. The smallest absolute Gasteiger partial charge is 0.308 e. The minimum atomic E-state index is -0.770. The number of carbonyl (C=O) groups excluding carboxylic acids is 3. The van der Waals surface area contributed by atoms with Crippen molar-refractivity contribution in [2.75, 3.05) is 10.2 Å². The van der Waals surface area contributed by atoms with Crippen LogP contribution in [0.2, 0.25) is 5.02 Å². The molecule has 0 bridgehead atoms. The number of thioether (sulfide) groups is 1. The Balaban J connectivity index is 1.26. The fourth-order valence-corrected chi connectivity index (χ4v) is 8.90. The first-order valence-electron chi connectivity index (χ1n) is 13.4. The third-order valence-corrected chi connectivity index (χ3v) is 11.1. The van der Waals surface area contributed by atoms with E-state index in [1.165, 1.54) is 21.2 Å². The van der Waals surface area contributed by atoms with Crippen LogP contribution in [0.5, 0.6) is 0 Å². The highest BCUT2D eigenvalue weighted by atomic mass is 79.9. The molecule has 0 saturated carbocycles. The van der Waals surface area contributed by atoms with Crippen LogP contribution < -0.4 is 15.1 Å². The van der Waals surface area contributed by atoms with Gasteiger partial charge in [-0.2, -0.15) is 0 Å². The van der Waals surface area contributed by atoms with Gasteiger partial charge in [0.05, 0.1) is 16.6 Å². The Hall–Kier alpha value is -3.70. The van der Waals surface area contributed by atoms with E-state index >= 15 is 0 Å². The maximum atomic E-state index is 14.0. The van der Waals surface area contributed by atoms with Crippen molar-refractivity contribution in [3.05, 3.63) is 121 Å². The molecule has 3 atom stereocenters. The number of carbonyl (C=O) groups is 3. The van der Waals surface area contributed by atoms with Gasteiger partial charge in [0, 0.05) is 26.0 Å². The second-order valence-corrected chi connectivity index (χ2v) is 13.8. The molecule has 1 fully saturated rings. The Morgan fingerprint density at radius 2 is 1.60 bits per heavy atom. The number of aromatic nitrogens is 1. The van der Waals surface area contributed by atoms with Gasteiger partial charge >= 0.3 is 4.87 Å². The highest BCUT2D eigenvalue weighted by Crippen LogP contribution is 2.54. The number of rotatable bonds is 5. The van der Waals surface area contributed by atoms with Crippen molar-refractivity contribution >= 4 is 90.5 Å². The summed E-state index contributed by atoms with van der Waals surface area (Å²) in [5, 5.41) is 5.20. The Labute approximate surface area is 267 Å². The van der Waals surface area contributed by atoms with Crippen molar-refractivity contribution in [1.82, 2.24) is 4.57 Å². The molecule has 2 aliphatic rings. The predicted octanol–water partition coefficient (Wildman–Crippen LogP) is 6.91. The van der Waals surface area contributed by atoms with E-state index in [0.29, 0.717) is 26.3 Å². The first-order chi connectivity index (χ1) is 20.8. The van der Waals surface area contributed by atoms with Gasteiger partial charge < -0.3 is 5.32 Å². The van der Waals surface area contributed by atoms with E-state index in [1.807, 2.05) is 66.7 Å². The van der Waals surface area contributed by atoms with Crippen molar-refractivity contribution < 1.29 is 14.4 Å². The van der Waals surface area contributed by atoms with E-state index in [0.717, 1.165) is 32.1 Å². The second-order valence-electron chi connectivity index (χ2n) is 10.3.